The lowest BCUT2D eigenvalue weighted by atomic mass is 10.1. The van der Waals surface area contributed by atoms with E-state index in [9.17, 15) is 0 Å². The van der Waals surface area contributed by atoms with Gasteiger partial charge in [-0.2, -0.15) is 16.9 Å². The van der Waals surface area contributed by atoms with Gasteiger partial charge in [-0.3, -0.25) is 16.0 Å². The zero-order valence-corrected chi connectivity index (χ0v) is 13.2. The highest BCUT2D eigenvalue weighted by Crippen LogP contribution is 2.19. The molecule has 2 atom stereocenters. The van der Waals surface area contributed by atoms with Crippen molar-refractivity contribution in [2.24, 2.45) is 5.84 Å². The first kappa shape index (κ1) is 15.8. The minimum Gasteiger partial charge on any atom is -0.375 e. The van der Waals surface area contributed by atoms with E-state index in [1.165, 1.54) is 0 Å². The fourth-order valence-electron chi connectivity index (χ4n) is 2.61. The van der Waals surface area contributed by atoms with E-state index in [2.05, 4.69) is 36.2 Å². The largest absolute Gasteiger partial charge is 0.375 e. The number of nitrogens with one attached hydrogen (secondary N) is 1. The Balaban J connectivity index is 1.96. The van der Waals surface area contributed by atoms with Gasteiger partial charge in [-0.05, 0) is 18.9 Å². The molecule has 3 N–H and O–H groups in total. The highest BCUT2D eigenvalue weighted by atomic mass is 32.2. The van der Waals surface area contributed by atoms with E-state index in [0.717, 1.165) is 43.1 Å². The lowest BCUT2D eigenvalue weighted by molar-refractivity contribution is 0.0469. The summed E-state index contributed by atoms with van der Waals surface area (Å²) >= 11 is 1.93. The van der Waals surface area contributed by atoms with Crippen LogP contribution in [0, 0.1) is 0 Å². The van der Waals surface area contributed by atoms with E-state index < -0.39 is 0 Å². The van der Waals surface area contributed by atoms with Crippen LogP contribution >= 0.6 is 11.8 Å². The van der Waals surface area contributed by atoms with Crippen molar-refractivity contribution in [3.05, 3.63) is 18.0 Å². The lowest BCUT2D eigenvalue weighted by Crippen LogP contribution is -2.49. The SMILES string of the molecule is CCC(CC)n1ccc(CC(NN)C2CSCCO2)n1. The summed E-state index contributed by atoms with van der Waals surface area (Å²) in [4.78, 5) is 0. The molecule has 6 heteroatoms. The zero-order valence-electron chi connectivity index (χ0n) is 12.4. The number of hydrazine groups is 1. The number of rotatable bonds is 7. The van der Waals surface area contributed by atoms with Crippen LogP contribution in [0.2, 0.25) is 0 Å². The molecule has 0 aromatic carbocycles. The van der Waals surface area contributed by atoms with Crippen molar-refractivity contribution < 1.29 is 4.74 Å². The summed E-state index contributed by atoms with van der Waals surface area (Å²) in [6, 6.07) is 2.72. The van der Waals surface area contributed by atoms with Crippen molar-refractivity contribution in [3.8, 4) is 0 Å². The van der Waals surface area contributed by atoms with Gasteiger partial charge in [0.05, 0.1) is 30.5 Å². The summed E-state index contributed by atoms with van der Waals surface area (Å²) < 4.78 is 7.88. The Morgan fingerprint density at radius 2 is 2.35 bits per heavy atom. The highest BCUT2D eigenvalue weighted by Gasteiger charge is 2.25. The molecule has 114 valence electrons. The molecule has 1 aliphatic rings. The molecule has 0 radical (unpaired) electrons. The zero-order chi connectivity index (χ0) is 14.4. The maximum Gasteiger partial charge on any atom is 0.0835 e. The number of hydrogen-bond acceptors (Lipinski definition) is 5. The van der Waals surface area contributed by atoms with Crippen LogP contribution in [0.5, 0.6) is 0 Å². The number of thioether (sulfide) groups is 1. The molecule has 1 aromatic heterocycles. The van der Waals surface area contributed by atoms with Gasteiger partial charge >= 0.3 is 0 Å². The van der Waals surface area contributed by atoms with Crippen molar-refractivity contribution in [2.75, 3.05) is 18.1 Å². The molecule has 0 aliphatic carbocycles. The Morgan fingerprint density at radius 1 is 1.55 bits per heavy atom. The third-order valence-electron chi connectivity index (χ3n) is 3.91. The van der Waals surface area contributed by atoms with Crippen LogP contribution in [-0.2, 0) is 11.2 Å². The van der Waals surface area contributed by atoms with Crippen LogP contribution in [0.25, 0.3) is 0 Å². The molecule has 1 fully saturated rings. The first-order valence-corrected chi connectivity index (χ1v) is 8.63. The molecule has 1 saturated heterocycles. The molecule has 2 unspecified atom stereocenters. The topological polar surface area (TPSA) is 65.1 Å². The average Bonchev–Trinajstić information content (AvgIpc) is 2.95. The third-order valence-corrected chi connectivity index (χ3v) is 4.93. The first-order valence-electron chi connectivity index (χ1n) is 7.48. The number of aromatic nitrogens is 2. The Morgan fingerprint density at radius 3 is 2.95 bits per heavy atom. The average molecular weight is 298 g/mol. The van der Waals surface area contributed by atoms with Gasteiger partial charge in [-0.25, -0.2) is 0 Å². The van der Waals surface area contributed by atoms with E-state index in [-0.39, 0.29) is 12.1 Å². The van der Waals surface area contributed by atoms with E-state index in [1.807, 2.05) is 11.8 Å². The molecule has 0 bridgehead atoms. The van der Waals surface area contributed by atoms with Gasteiger partial charge in [0, 0.05) is 24.1 Å². The Kier molecular flexibility index (Phi) is 6.35. The quantitative estimate of drug-likeness (QED) is 0.593. The smallest absolute Gasteiger partial charge is 0.0835 e. The fraction of sp³-hybridized carbons (Fsp3) is 0.786. The molecule has 20 heavy (non-hydrogen) atoms. The first-order chi connectivity index (χ1) is 9.78. The second-order valence-corrected chi connectivity index (χ2v) is 6.37. The minimum atomic E-state index is 0.132. The van der Waals surface area contributed by atoms with Crippen LogP contribution in [0.1, 0.15) is 38.4 Å². The van der Waals surface area contributed by atoms with Gasteiger partial charge in [0.15, 0.2) is 0 Å². The normalized spacial score (nSPS) is 21.3. The predicted octanol–water partition coefficient (Wildman–Crippen LogP) is 1.75. The van der Waals surface area contributed by atoms with Gasteiger partial charge in [0.25, 0.3) is 0 Å². The number of nitrogens with two attached hydrogens (primary N) is 1. The van der Waals surface area contributed by atoms with E-state index in [1.54, 1.807) is 0 Å². The molecule has 0 saturated carbocycles. The Hall–Kier alpha value is -0.560. The van der Waals surface area contributed by atoms with Crippen molar-refractivity contribution in [1.29, 1.82) is 0 Å². The molecule has 0 amide bonds. The summed E-state index contributed by atoms with van der Waals surface area (Å²) in [7, 11) is 0. The number of nitrogens with zero attached hydrogens (tertiary/aromatic N) is 2. The van der Waals surface area contributed by atoms with Gasteiger partial charge in [-0.1, -0.05) is 13.8 Å². The van der Waals surface area contributed by atoms with Gasteiger partial charge in [0.1, 0.15) is 0 Å². The Labute approximate surface area is 125 Å². The standard InChI is InChI=1S/C14H26N4OS/c1-3-12(4-2)18-6-5-11(17-18)9-13(16-15)14-10-20-8-7-19-14/h5-6,12-14,16H,3-4,7-10,15H2,1-2H3. The van der Waals surface area contributed by atoms with Crippen LogP contribution in [-0.4, -0.2) is 40.0 Å². The van der Waals surface area contributed by atoms with E-state index in [4.69, 9.17) is 15.7 Å². The molecule has 1 aromatic rings. The van der Waals surface area contributed by atoms with E-state index >= 15 is 0 Å². The van der Waals surface area contributed by atoms with Gasteiger partial charge < -0.3 is 4.74 Å². The van der Waals surface area contributed by atoms with Crippen LogP contribution in [0.3, 0.4) is 0 Å². The molecule has 0 spiro atoms. The van der Waals surface area contributed by atoms with Crippen LogP contribution in [0.4, 0.5) is 0 Å². The predicted molar refractivity (Wildman–Crippen MR) is 83.7 cm³/mol. The summed E-state index contributed by atoms with van der Waals surface area (Å²) in [6.07, 6.45) is 5.29. The van der Waals surface area contributed by atoms with Crippen molar-refractivity contribution in [3.63, 3.8) is 0 Å². The maximum atomic E-state index is 5.80. The fourth-order valence-corrected chi connectivity index (χ4v) is 3.56. The molecular formula is C14H26N4OS. The number of hydrogen-bond donors (Lipinski definition) is 2. The lowest BCUT2D eigenvalue weighted by Gasteiger charge is -2.29. The summed E-state index contributed by atoms with van der Waals surface area (Å²) in [5.41, 5.74) is 3.98. The molecule has 1 aliphatic heterocycles. The molecule has 2 rings (SSSR count). The monoisotopic (exact) mass is 298 g/mol. The molecule has 5 nitrogen and oxygen atoms in total. The van der Waals surface area contributed by atoms with E-state index in [0.29, 0.717) is 6.04 Å². The molecular weight excluding hydrogens is 272 g/mol. The van der Waals surface area contributed by atoms with Crippen LogP contribution < -0.4 is 11.3 Å². The minimum absolute atomic E-state index is 0.132. The summed E-state index contributed by atoms with van der Waals surface area (Å²) in [5, 5.41) is 4.69. The van der Waals surface area contributed by atoms with Crippen molar-refractivity contribution in [2.45, 2.75) is 51.3 Å². The van der Waals surface area contributed by atoms with Gasteiger partial charge in [0.2, 0.25) is 0 Å². The third kappa shape index (κ3) is 3.97. The van der Waals surface area contributed by atoms with Crippen molar-refractivity contribution >= 4 is 11.8 Å². The second-order valence-electron chi connectivity index (χ2n) is 5.22. The molecule has 2 heterocycles. The highest BCUT2D eigenvalue weighted by molar-refractivity contribution is 7.99. The number of ether oxygens (including phenoxy) is 1. The Bertz CT molecular complexity index is 388. The second kappa shape index (κ2) is 8.02. The van der Waals surface area contributed by atoms with Crippen LogP contribution in [0.15, 0.2) is 12.3 Å². The van der Waals surface area contributed by atoms with Crippen molar-refractivity contribution in [1.82, 2.24) is 15.2 Å². The summed E-state index contributed by atoms with van der Waals surface area (Å²) in [6.45, 7) is 5.22. The van der Waals surface area contributed by atoms with Gasteiger partial charge in [-0.15, -0.1) is 0 Å². The maximum absolute atomic E-state index is 5.80. The summed E-state index contributed by atoms with van der Waals surface area (Å²) in [5.74, 6) is 7.78.